The maximum Gasteiger partial charge on any atom is 0.508 e. The average molecular weight is 538 g/mol. The third kappa shape index (κ3) is 8.46. The maximum absolute atomic E-state index is 13.2. The van der Waals surface area contributed by atoms with Gasteiger partial charge in [-0.05, 0) is 38.5 Å². The molecule has 0 spiro atoms. The lowest BCUT2D eigenvalue weighted by molar-refractivity contribution is -0.279. The Hall–Kier alpha value is -2.59. The Bertz CT molecular complexity index is 918. The van der Waals surface area contributed by atoms with E-state index in [0.29, 0.717) is 25.2 Å². The molecular formula is C28H43NO9. The van der Waals surface area contributed by atoms with Crippen LogP contribution in [0.4, 0.5) is 9.59 Å². The van der Waals surface area contributed by atoms with Crippen molar-refractivity contribution in [2.24, 2.45) is 23.5 Å². The Morgan fingerprint density at radius 3 is 2.61 bits per heavy atom. The first-order chi connectivity index (χ1) is 17.9. The van der Waals surface area contributed by atoms with Crippen LogP contribution in [0.5, 0.6) is 0 Å². The number of cyclic esters (lactones) is 1. The standard InChI is InChI=1S/C28H43NO9/c1-6-7-16(2)8-9-18(4)22-13-21-12-20(34-27(32)35-21)10-17(3)11-23-19(5)24(37-26(29)31)14-28(33,38-23)15-25(30)36-22/h6-7,11,16,18-24,33H,8-10,12-15H2,1-5H3,(H2,29,31)/b7-6+,17-11-/t16?,18?,19-,20-,21-,22-,23+,24+,28+/m0/s1. The molecule has 3 aliphatic rings. The van der Waals surface area contributed by atoms with E-state index in [1.54, 1.807) is 6.08 Å². The number of ether oxygens (including phenoxy) is 5. The van der Waals surface area contributed by atoms with Gasteiger partial charge in [-0.1, -0.05) is 44.6 Å². The molecule has 3 aliphatic heterocycles. The second kappa shape index (κ2) is 13.0. The number of carbonyl (C=O) groups is 3. The van der Waals surface area contributed by atoms with E-state index in [4.69, 9.17) is 29.4 Å². The van der Waals surface area contributed by atoms with Crippen molar-refractivity contribution in [3.05, 3.63) is 23.8 Å². The van der Waals surface area contributed by atoms with Crippen molar-refractivity contribution in [3.63, 3.8) is 0 Å². The molecule has 3 heterocycles. The van der Waals surface area contributed by atoms with Gasteiger partial charge in [0.25, 0.3) is 0 Å². The van der Waals surface area contributed by atoms with E-state index in [-0.39, 0.29) is 18.3 Å². The van der Waals surface area contributed by atoms with Gasteiger partial charge in [-0.15, -0.1) is 0 Å². The van der Waals surface area contributed by atoms with Crippen molar-refractivity contribution in [2.45, 2.75) is 116 Å². The molecule has 214 valence electrons. The fourth-order valence-electron chi connectivity index (χ4n) is 5.61. The van der Waals surface area contributed by atoms with Crippen molar-refractivity contribution in [3.8, 4) is 0 Å². The van der Waals surface area contributed by atoms with Gasteiger partial charge in [0.2, 0.25) is 0 Å². The number of nitrogens with two attached hydrogens (primary N) is 1. The Morgan fingerprint density at radius 2 is 1.92 bits per heavy atom. The summed E-state index contributed by atoms with van der Waals surface area (Å²) in [6.45, 7) is 9.82. The molecule has 1 amide bonds. The van der Waals surface area contributed by atoms with Gasteiger partial charge in [0.15, 0.2) is 5.79 Å². The number of primary amides is 1. The minimum Gasteiger partial charge on any atom is -0.462 e. The van der Waals surface area contributed by atoms with Crippen LogP contribution in [-0.4, -0.2) is 59.6 Å². The number of amides is 1. The van der Waals surface area contributed by atoms with E-state index in [9.17, 15) is 19.5 Å². The summed E-state index contributed by atoms with van der Waals surface area (Å²) in [4.78, 5) is 37.0. The number of carbonyl (C=O) groups excluding carboxylic acids is 3. The molecule has 0 saturated carbocycles. The predicted octanol–water partition coefficient (Wildman–Crippen LogP) is 4.53. The summed E-state index contributed by atoms with van der Waals surface area (Å²) in [6, 6.07) is 0. The van der Waals surface area contributed by atoms with Crippen molar-refractivity contribution in [1.29, 1.82) is 0 Å². The molecule has 0 aromatic rings. The van der Waals surface area contributed by atoms with Crippen molar-refractivity contribution >= 4 is 18.2 Å². The summed E-state index contributed by atoms with van der Waals surface area (Å²) in [5.74, 6) is -2.57. The van der Waals surface area contributed by atoms with E-state index in [1.165, 1.54) is 0 Å². The Kier molecular flexibility index (Phi) is 10.2. The number of aliphatic hydroxyl groups is 1. The summed E-state index contributed by atoms with van der Waals surface area (Å²) in [7, 11) is 0. The van der Waals surface area contributed by atoms with Crippen LogP contribution in [-0.2, 0) is 28.5 Å². The minimum absolute atomic E-state index is 0.0261. The molecule has 0 aromatic heterocycles. The summed E-state index contributed by atoms with van der Waals surface area (Å²) in [5, 5.41) is 11.3. The van der Waals surface area contributed by atoms with Gasteiger partial charge in [-0.25, -0.2) is 9.59 Å². The van der Waals surface area contributed by atoms with E-state index in [1.807, 2.05) is 33.8 Å². The monoisotopic (exact) mass is 537 g/mol. The molecule has 3 N–H and O–H groups in total. The summed E-state index contributed by atoms with van der Waals surface area (Å²) in [6.07, 6.45) is 3.72. The summed E-state index contributed by atoms with van der Waals surface area (Å²) in [5.41, 5.74) is 6.14. The van der Waals surface area contributed by atoms with Crippen molar-refractivity contribution in [2.75, 3.05) is 0 Å². The van der Waals surface area contributed by atoms with Crippen LogP contribution in [0.3, 0.4) is 0 Å². The van der Waals surface area contributed by atoms with Crippen LogP contribution in [0.25, 0.3) is 0 Å². The van der Waals surface area contributed by atoms with Gasteiger partial charge >= 0.3 is 18.2 Å². The summed E-state index contributed by atoms with van der Waals surface area (Å²) >= 11 is 0. The van der Waals surface area contributed by atoms with E-state index in [0.717, 1.165) is 18.4 Å². The van der Waals surface area contributed by atoms with Crippen LogP contribution < -0.4 is 5.73 Å². The second-order valence-electron chi connectivity index (χ2n) is 11.2. The van der Waals surface area contributed by atoms with E-state index >= 15 is 0 Å². The van der Waals surface area contributed by atoms with Crippen LogP contribution in [0.15, 0.2) is 23.8 Å². The lowest BCUT2D eigenvalue weighted by Gasteiger charge is -2.43. The average Bonchev–Trinajstić information content (AvgIpc) is 2.78. The first kappa shape index (κ1) is 30.0. The first-order valence-corrected chi connectivity index (χ1v) is 13.6. The zero-order valence-corrected chi connectivity index (χ0v) is 23.1. The molecule has 0 aliphatic carbocycles. The highest BCUT2D eigenvalue weighted by molar-refractivity contribution is 5.71. The quantitative estimate of drug-likeness (QED) is 0.284. The zero-order chi connectivity index (χ0) is 28.0. The number of rotatable bonds is 6. The smallest absolute Gasteiger partial charge is 0.462 e. The first-order valence-electron chi connectivity index (χ1n) is 13.6. The molecule has 2 fully saturated rings. The second-order valence-corrected chi connectivity index (χ2v) is 11.2. The van der Waals surface area contributed by atoms with E-state index in [2.05, 4.69) is 13.0 Å². The molecular weight excluding hydrogens is 494 g/mol. The van der Waals surface area contributed by atoms with E-state index < -0.39 is 60.9 Å². The largest absolute Gasteiger partial charge is 0.508 e. The van der Waals surface area contributed by atoms with Gasteiger partial charge in [0, 0.05) is 31.6 Å². The summed E-state index contributed by atoms with van der Waals surface area (Å²) < 4.78 is 28.1. The number of esters is 1. The molecule has 38 heavy (non-hydrogen) atoms. The third-order valence-electron chi connectivity index (χ3n) is 7.73. The van der Waals surface area contributed by atoms with Gasteiger partial charge < -0.3 is 34.5 Å². The highest BCUT2D eigenvalue weighted by atomic mass is 16.7. The lowest BCUT2D eigenvalue weighted by atomic mass is 9.85. The fraction of sp³-hybridized carbons (Fsp3) is 0.750. The lowest BCUT2D eigenvalue weighted by Crippen LogP contribution is -2.53. The topological polar surface area (TPSA) is 144 Å². The third-order valence-corrected chi connectivity index (χ3v) is 7.73. The number of allylic oxidation sites excluding steroid dienone is 2. The molecule has 2 unspecified atom stereocenters. The number of hydrogen-bond donors (Lipinski definition) is 2. The van der Waals surface area contributed by atoms with Crippen LogP contribution in [0, 0.1) is 17.8 Å². The number of hydrogen-bond acceptors (Lipinski definition) is 9. The maximum atomic E-state index is 13.2. The SMILES string of the molecule is C/C=C/C(C)CCC(C)[C@@H]1C[C@@H]2C[C@H](C/C(C)=C\[C@H]3O[C@@](O)(CC(=O)O1)C[C@@H](OC(N)=O)[C@H]3C)OC(=O)O2. The van der Waals surface area contributed by atoms with Gasteiger partial charge in [0.05, 0.1) is 12.5 Å². The Morgan fingerprint density at radius 1 is 1.21 bits per heavy atom. The zero-order valence-electron chi connectivity index (χ0n) is 23.1. The number of fused-ring (bicyclic) bond motifs is 4. The normalized spacial score (nSPS) is 37.5. The molecule has 10 heteroatoms. The molecule has 10 nitrogen and oxygen atoms in total. The molecule has 0 aromatic carbocycles. The van der Waals surface area contributed by atoms with Gasteiger partial charge in [0.1, 0.15) is 24.4 Å². The molecule has 9 atom stereocenters. The highest BCUT2D eigenvalue weighted by Crippen LogP contribution is 2.38. The Balaban J connectivity index is 1.89. The Labute approximate surface area is 224 Å². The predicted molar refractivity (Wildman–Crippen MR) is 138 cm³/mol. The minimum atomic E-state index is -1.91. The van der Waals surface area contributed by atoms with Crippen molar-refractivity contribution in [1.82, 2.24) is 0 Å². The molecule has 3 rings (SSSR count). The van der Waals surface area contributed by atoms with Crippen LogP contribution in [0.1, 0.15) is 79.6 Å². The molecule has 0 radical (unpaired) electrons. The fourth-order valence-corrected chi connectivity index (χ4v) is 5.61. The van der Waals surface area contributed by atoms with Gasteiger partial charge in [-0.3, -0.25) is 4.79 Å². The molecule has 4 bridgehead atoms. The van der Waals surface area contributed by atoms with Crippen molar-refractivity contribution < 1.29 is 43.2 Å². The molecule has 2 saturated heterocycles. The highest BCUT2D eigenvalue weighted by Gasteiger charge is 2.47. The van der Waals surface area contributed by atoms with Crippen LogP contribution >= 0.6 is 0 Å². The van der Waals surface area contributed by atoms with Gasteiger partial charge in [-0.2, -0.15) is 0 Å². The van der Waals surface area contributed by atoms with Crippen LogP contribution in [0.2, 0.25) is 0 Å².